The van der Waals surface area contributed by atoms with Gasteiger partial charge in [-0.1, -0.05) is 12.1 Å². The summed E-state index contributed by atoms with van der Waals surface area (Å²) in [6.07, 6.45) is 1.20. The van der Waals surface area contributed by atoms with Gasteiger partial charge in [0.15, 0.2) is 0 Å². The first-order valence-electron chi connectivity index (χ1n) is 7.62. The van der Waals surface area contributed by atoms with Crippen LogP contribution < -0.4 is 10.5 Å². The highest BCUT2D eigenvalue weighted by Crippen LogP contribution is 2.22. The Kier molecular flexibility index (Phi) is 5.85. The lowest BCUT2D eigenvalue weighted by Gasteiger charge is -2.34. The van der Waals surface area contributed by atoms with E-state index in [2.05, 4.69) is 4.90 Å². The molecule has 1 fully saturated rings. The number of aliphatic hydroxyl groups is 2. The topological polar surface area (TPSA) is 79.0 Å². The summed E-state index contributed by atoms with van der Waals surface area (Å²) in [5, 5.41) is 19.7. The lowest BCUT2D eigenvalue weighted by molar-refractivity contribution is 0.0337. The van der Waals surface area contributed by atoms with Gasteiger partial charge in [-0.15, -0.1) is 0 Å². The van der Waals surface area contributed by atoms with Crippen molar-refractivity contribution >= 4 is 5.69 Å². The van der Waals surface area contributed by atoms with Crippen LogP contribution in [0.2, 0.25) is 0 Å². The number of nitrogens with two attached hydrogens (primary N) is 1. The third-order valence-corrected chi connectivity index (χ3v) is 4.13. The fraction of sp³-hybridized carbons (Fsp3) is 0.625. The van der Waals surface area contributed by atoms with Crippen molar-refractivity contribution in [3.05, 3.63) is 24.3 Å². The van der Waals surface area contributed by atoms with Gasteiger partial charge in [0.25, 0.3) is 0 Å². The number of rotatable bonds is 6. The minimum absolute atomic E-state index is 0.235. The summed E-state index contributed by atoms with van der Waals surface area (Å²) in [6.45, 7) is 4.53. The third kappa shape index (κ3) is 4.88. The highest BCUT2D eigenvalue weighted by atomic mass is 16.5. The molecule has 1 aliphatic rings. The summed E-state index contributed by atoms with van der Waals surface area (Å²) in [5.74, 6) is 1.00. The summed E-state index contributed by atoms with van der Waals surface area (Å²) >= 11 is 0. The number of hydrogen-bond acceptors (Lipinski definition) is 5. The molecule has 2 rings (SSSR count). The average Bonchev–Trinajstić information content (AvgIpc) is 2.47. The largest absolute Gasteiger partial charge is 0.489 e. The smallest absolute Gasteiger partial charge is 0.142 e. The van der Waals surface area contributed by atoms with E-state index in [1.807, 2.05) is 19.1 Å². The molecule has 2 unspecified atom stereocenters. The van der Waals surface area contributed by atoms with Crippen molar-refractivity contribution < 1.29 is 14.9 Å². The van der Waals surface area contributed by atoms with Crippen molar-refractivity contribution in [3.63, 3.8) is 0 Å². The fourth-order valence-electron chi connectivity index (χ4n) is 2.77. The van der Waals surface area contributed by atoms with E-state index >= 15 is 0 Å². The minimum atomic E-state index is -0.535. The van der Waals surface area contributed by atoms with Crippen LogP contribution in [0.3, 0.4) is 0 Å². The molecule has 118 valence electrons. The molecule has 0 aliphatic carbocycles. The number of piperidine rings is 1. The van der Waals surface area contributed by atoms with Crippen LogP contribution in [-0.2, 0) is 0 Å². The molecule has 0 aromatic heterocycles. The van der Waals surface area contributed by atoms with Crippen LogP contribution in [0.1, 0.15) is 19.8 Å². The number of nitrogen functional groups attached to an aromatic ring is 1. The standard InChI is InChI=1S/C16H26N2O3/c1-12(19)13-6-8-18(9-7-13)10-14(20)11-21-16-5-3-2-4-15(16)17/h2-5,12-14,19-20H,6-11,17H2,1H3. The number of hydrogen-bond donors (Lipinski definition) is 3. The maximum atomic E-state index is 10.1. The predicted molar refractivity (Wildman–Crippen MR) is 83.2 cm³/mol. The highest BCUT2D eigenvalue weighted by molar-refractivity contribution is 5.51. The molecule has 1 heterocycles. The maximum Gasteiger partial charge on any atom is 0.142 e. The summed E-state index contributed by atoms with van der Waals surface area (Å²) in [6, 6.07) is 7.29. The SMILES string of the molecule is CC(O)C1CCN(CC(O)COc2ccccc2N)CC1. The zero-order chi connectivity index (χ0) is 15.2. The van der Waals surface area contributed by atoms with Crippen LogP contribution in [0.15, 0.2) is 24.3 Å². The molecule has 1 aromatic rings. The maximum absolute atomic E-state index is 10.1. The molecular weight excluding hydrogens is 268 g/mol. The molecule has 4 N–H and O–H groups in total. The van der Waals surface area contributed by atoms with Gasteiger partial charge >= 0.3 is 0 Å². The number of ether oxygens (including phenoxy) is 1. The quantitative estimate of drug-likeness (QED) is 0.685. The molecule has 0 bridgehead atoms. The van der Waals surface area contributed by atoms with E-state index in [-0.39, 0.29) is 12.7 Å². The number of para-hydroxylation sites is 2. The first kappa shape index (κ1) is 16.1. The number of β-amino-alcohol motifs (C(OH)–C–C–N with tert-alkyl or cyclic N) is 1. The van der Waals surface area contributed by atoms with Crippen LogP contribution in [0.4, 0.5) is 5.69 Å². The number of aliphatic hydroxyl groups excluding tert-OH is 2. The van der Waals surface area contributed by atoms with Gasteiger partial charge in [0, 0.05) is 6.54 Å². The monoisotopic (exact) mass is 294 g/mol. The van der Waals surface area contributed by atoms with Gasteiger partial charge in [-0.05, 0) is 50.9 Å². The fourth-order valence-corrected chi connectivity index (χ4v) is 2.77. The third-order valence-electron chi connectivity index (χ3n) is 4.13. The van der Waals surface area contributed by atoms with Gasteiger partial charge in [0.1, 0.15) is 18.5 Å². The van der Waals surface area contributed by atoms with Gasteiger partial charge in [0.05, 0.1) is 11.8 Å². The van der Waals surface area contributed by atoms with Crippen molar-refractivity contribution in [3.8, 4) is 5.75 Å². The van der Waals surface area contributed by atoms with E-state index in [1.165, 1.54) is 0 Å². The van der Waals surface area contributed by atoms with Crippen molar-refractivity contribution in [1.29, 1.82) is 0 Å². The molecule has 5 nitrogen and oxygen atoms in total. The van der Waals surface area contributed by atoms with Gasteiger partial charge in [-0.25, -0.2) is 0 Å². The van der Waals surface area contributed by atoms with E-state index in [9.17, 15) is 10.2 Å². The van der Waals surface area contributed by atoms with E-state index in [0.29, 0.717) is 23.9 Å². The Labute approximate surface area is 126 Å². The number of benzene rings is 1. The Morgan fingerprint density at radius 2 is 1.95 bits per heavy atom. The van der Waals surface area contributed by atoms with Crippen LogP contribution in [-0.4, -0.2) is 53.6 Å². The van der Waals surface area contributed by atoms with Crippen LogP contribution in [0.5, 0.6) is 5.75 Å². The van der Waals surface area contributed by atoms with Crippen molar-refractivity contribution in [1.82, 2.24) is 4.90 Å². The summed E-state index contributed by atoms with van der Waals surface area (Å²) in [4.78, 5) is 2.22. The number of anilines is 1. The normalized spacial score (nSPS) is 20.1. The first-order chi connectivity index (χ1) is 10.1. The predicted octanol–water partition coefficient (Wildman–Crippen LogP) is 1.10. The van der Waals surface area contributed by atoms with Gasteiger partial charge in [-0.3, -0.25) is 0 Å². The second-order valence-electron chi connectivity index (χ2n) is 5.88. The van der Waals surface area contributed by atoms with Gasteiger partial charge < -0.3 is 25.6 Å². The molecular formula is C16H26N2O3. The van der Waals surface area contributed by atoms with Crippen molar-refractivity contribution in [2.24, 2.45) is 5.92 Å². The molecule has 0 radical (unpaired) electrons. The van der Waals surface area contributed by atoms with Crippen LogP contribution in [0, 0.1) is 5.92 Å². The average molecular weight is 294 g/mol. The molecule has 0 saturated carbocycles. The minimum Gasteiger partial charge on any atom is -0.489 e. The number of nitrogens with zero attached hydrogens (tertiary/aromatic N) is 1. The highest BCUT2D eigenvalue weighted by Gasteiger charge is 2.23. The van der Waals surface area contributed by atoms with Crippen molar-refractivity contribution in [2.75, 3.05) is 32.0 Å². The Morgan fingerprint density at radius 1 is 1.29 bits per heavy atom. The zero-order valence-electron chi connectivity index (χ0n) is 12.6. The Balaban J connectivity index is 1.71. The zero-order valence-corrected chi connectivity index (χ0v) is 12.6. The molecule has 0 amide bonds. The van der Waals surface area contributed by atoms with E-state index in [0.717, 1.165) is 25.9 Å². The Morgan fingerprint density at radius 3 is 2.57 bits per heavy atom. The van der Waals surface area contributed by atoms with Gasteiger partial charge in [0.2, 0.25) is 0 Å². The molecule has 21 heavy (non-hydrogen) atoms. The molecule has 1 aromatic carbocycles. The summed E-state index contributed by atoms with van der Waals surface area (Å²) in [7, 11) is 0. The lowest BCUT2D eigenvalue weighted by Crippen LogP contribution is -2.42. The lowest BCUT2D eigenvalue weighted by atomic mass is 9.92. The van der Waals surface area contributed by atoms with Crippen LogP contribution >= 0.6 is 0 Å². The molecule has 1 saturated heterocycles. The molecule has 2 atom stereocenters. The second-order valence-corrected chi connectivity index (χ2v) is 5.88. The van der Waals surface area contributed by atoms with Gasteiger partial charge in [-0.2, -0.15) is 0 Å². The molecule has 5 heteroatoms. The number of likely N-dealkylation sites (tertiary alicyclic amines) is 1. The van der Waals surface area contributed by atoms with Crippen LogP contribution in [0.25, 0.3) is 0 Å². The molecule has 0 spiro atoms. The van der Waals surface area contributed by atoms with E-state index in [1.54, 1.807) is 12.1 Å². The Bertz CT molecular complexity index is 431. The summed E-state index contributed by atoms with van der Waals surface area (Å²) < 4.78 is 5.56. The Hall–Kier alpha value is -1.30. The second kappa shape index (κ2) is 7.64. The van der Waals surface area contributed by atoms with E-state index < -0.39 is 6.10 Å². The van der Waals surface area contributed by atoms with Crippen molar-refractivity contribution in [2.45, 2.75) is 32.0 Å². The molecule has 1 aliphatic heterocycles. The van der Waals surface area contributed by atoms with E-state index in [4.69, 9.17) is 10.5 Å². The first-order valence-corrected chi connectivity index (χ1v) is 7.62. The summed E-state index contributed by atoms with van der Waals surface area (Å²) in [5.41, 5.74) is 6.38.